The van der Waals surface area contributed by atoms with Gasteiger partial charge in [0.1, 0.15) is 0 Å². The maximum absolute atomic E-state index is 10.9. The smallest absolute Gasteiger partial charge is 0.0682 e. The molecule has 4 aliphatic carbocycles. The fourth-order valence-corrected chi connectivity index (χ4v) is 8.91. The Balaban J connectivity index is 1.40. The van der Waals surface area contributed by atoms with E-state index < -0.39 is 5.60 Å². The zero-order chi connectivity index (χ0) is 23.3. The molecule has 2 N–H and O–H groups in total. The second kappa shape index (κ2) is 9.03. The summed E-state index contributed by atoms with van der Waals surface area (Å²) in [6, 6.07) is 0. The molecular weight excluding hydrogens is 392 g/mol. The molecule has 3 saturated carbocycles. The number of hydrogen-bond acceptors (Lipinski definition) is 2. The van der Waals surface area contributed by atoms with Crippen molar-refractivity contribution in [1.82, 2.24) is 0 Å². The first-order chi connectivity index (χ1) is 15.0. The van der Waals surface area contributed by atoms with E-state index in [0.717, 1.165) is 67.6 Å². The van der Waals surface area contributed by atoms with E-state index in [2.05, 4.69) is 47.6 Å². The van der Waals surface area contributed by atoms with E-state index >= 15 is 0 Å². The molecule has 4 aliphatic rings. The summed E-state index contributed by atoms with van der Waals surface area (Å²) in [5, 5.41) is 21.3. The summed E-state index contributed by atoms with van der Waals surface area (Å²) in [6.07, 6.45) is 16.8. The molecule has 32 heavy (non-hydrogen) atoms. The summed E-state index contributed by atoms with van der Waals surface area (Å²) in [7, 11) is 0. The summed E-state index contributed by atoms with van der Waals surface area (Å²) in [4.78, 5) is 0. The van der Waals surface area contributed by atoms with Crippen molar-refractivity contribution in [1.29, 1.82) is 0 Å². The Morgan fingerprint density at radius 3 is 2.50 bits per heavy atom. The Hall–Kier alpha value is -0.340. The van der Waals surface area contributed by atoms with Crippen LogP contribution in [0.5, 0.6) is 0 Å². The van der Waals surface area contributed by atoms with Crippen molar-refractivity contribution in [3.05, 3.63) is 11.6 Å². The van der Waals surface area contributed by atoms with Gasteiger partial charge in [0.05, 0.1) is 11.7 Å². The van der Waals surface area contributed by atoms with Crippen LogP contribution in [0.25, 0.3) is 0 Å². The second-order valence-corrected chi connectivity index (χ2v) is 13.9. The largest absolute Gasteiger partial charge is 0.393 e. The van der Waals surface area contributed by atoms with Crippen LogP contribution in [0.3, 0.4) is 0 Å². The van der Waals surface area contributed by atoms with E-state index in [1.165, 1.54) is 44.9 Å². The van der Waals surface area contributed by atoms with Crippen molar-refractivity contribution in [2.24, 2.45) is 46.3 Å². The molecule has 9 atom stereocenters. The Labute approximate surface area is 198 Å². The third kappa shape index (κ3) is 4.49. The predicted octanol–water partition coefficient (Wildman–Crippen LogP) is 7.53. The first-order valence-corrected chi connectivity index (χ1v) is 14.1. The number of rotatable bonds is 6. The van der Waals surface area contributed by atoms with Crippen LogP contribution in [-0.4, -0.2) is 21.9 Å². The van der Waals surface area contributed by atoms with Gasteiger partial charge in [0.25, 0.3) is 0 Å². The molecule has 0 heterocycles. The fraction of sp³-hybridized carbons (Fsp3) is 0.933. The number of aliphatic hydroxyl groups is 2. The highest BCUT2D eigenvalue weighted by Gasteiger charge is 2.57. The van der Waals surface area contributed by atoms with Gasteiger partial charge >= 0.3 is 0 Å². The molecule has 3 fully saturated rings. The van der Waals surface area contributed by atoms with Crippen molar-refractivity contribution >= 4 is 0 Å². The lowest BCUT2D eigenvalue weighted by atomic mass is 9.50. The molecular formula is C30H52O2. The van der Waals surface area contributed by atoms with Crippen LogP contribution in [0.15, 0.2) is 11.6 Å². The summed E-state index contributed by atoms with van der Waals surface area (Å²) in [5.41, 5.74) is 1.72. The van der Waals surface area contributed by atoms with Gasteiger partial charge in [0, 0.05) is 0 Å². The number of hydrogen-bond donors (Lipinski definition) is 2. The normalized spacial score (nSPS) is 43.6. The molecule has 4 rings (SSSR count). The van der Waals surface area contributed by atoms with Crippen molar-refractivity contribution in [3.63, 3.8) is 0 Å². The summed E-state index contributed by atoms with van der Waals surface area (Å²) in [6.45, 7) is 13.8. The van der Waals surface area contributed by atoms with E-state index in [-0.39, 0.29) is 11.5 Å². The van der Waals surface area contributed by atoms with Crippen LogP contribution in [0.2, 0.25) is 0 Å². The molecule has 0 amide bonds. The SMILES string of the molecule is CC[C@]1(O)CC[C@H]2C(=CC[C@H]3C4CC[C@H]([C@H](C)CCC[C@@H](O)C(C)(C)C)[C@@]4(C)CC[C@H]23)C1. The Bertz CT molecular complexity index is 689. The van der Waals surface area contributed by atoms with Crippen LogP contribution in [0.4, 0.5) is 0 Å². The number of fused-ring (bicyclic) bond motifs is 5. The third-order valence-corrected chi connectivity index (χ3v) is 11.1. The summed E-state index contributed by atoms with van der Waals surface area (Å²) >= 11 is 0. The lowest BCUT2D eigenvalue weighted by Crippen LogP contribution is -2.48. The van der Waals surface area contributed by atoms with Crippen molar-refractivity contribution in [3.8, 4) is 0 Å². The van der Waals surface area contributed by atoms with Crippen molar-refractivity contribution < 1.29 is 10.2 Å². The highest BCUT2D eigenvalue weighted by atomic mass is 16.3. The molecule has 0 spiro atoms. The van der Waals surface area contributed by atoms with Gasteiger partial charge in [-0.05, 0) is 111 Å². The third-order valence-electron chi connectivity index (χ3n) is 11.1. The topological polar surface area (TPSA) is 40.5 Å². The summed E-state index contributed by atoms with van der Waals surface area (Å²) < 4.78 is 0. The van der Waals surface area contributed by atoms with Crippen LogP contribution in [0.1, 0.15) is 119 Å². The summed E-state index contributed by atoms with van der Waals surface area (Å²) in [5.74, 6) is 5.07. The zero-order valence-corrected chi connectivity index (χ0v) is 22.0. The van der Waals surface area contributed by atoms with Crippen LogP contribution in [-0.2, 0) is 0 Å². The van der Waals surface area contributed by atoms with Gasteiger partial charge in [-0.25, -0.2) is 0 Å². The first-order valence-electron chi connectivity index (χ1n) is 14.1. The molecule has 0 saturated heterocycles. The van der Waals surface area contributed by atoms with E-state index in [9.17, 15) is 10.2 Å². The van der Waals surface area contributed by atoms with Crippen LogP contribution in [0, 0.1) is 46.3 Å². The molecule has 0 aromatic carbocycles. The van der Waals surface area contributed by atoms with Gasteiger partial charge in [0.15, 0.2) is 0 Å². The highest BCUT2D eigenvalue weighted by molar-refractivity contribution is 5.22. The standard InChI is InChI=1S/C30H52O2/c1-7-30(32)18-16-22-21(19-30)11-12-24-23(22)15-17-29(6)25(13-14-26(24)29)20(2)9-8-10-27(31)28(3,4)5/h11,20,22-27,31-32H,7-10,12-19H2,1-6H3/t20-,22+,23-,24-,25-,26?,27-,29-,30+/m1/s1. The molecule has 0 aliphatic heterocycles. The number of aliphatic hydroxyl groups excluding tert-OH is 1. The maximum Gasteiger partial charge on any atom is 0.0682 e. The molecule has 2 heteroatoms. The fourth-order valence-electron chi connectivity index (χ4n) is 8.91. The Morgan fingerprint density at radius 1 is 1.06 bits per heavy atom. The van der Waals surface area contributed by atoms with Gasteiger partial charge in [0.2, 0.25) is 0 Å². The minimum atomic E-state index is -0.424. The van der Waals surface area contributed by atoms with E-state index in [1.807, 2.05) is 0 Å². The monoisotopic (exact) mass is 444 g/mol. The van der Waals surface area contributed by atoms with Crippen molar-refractivity contribution in [2.45, 2.75) is 130 Å². The molecule has 0 aromatic rings. The Morgan fingerprint density at radius 2 is 1.81 bits per heavy atom. The van der Waals surface area contributed by atoms with E-state index in [1.54, 1.807) is 5.57 Å². The molecule has 1 unspecified atom stereocenters. The van der Waals surface area contributed by atoms with Gasteiger partial charge in [-0.15, -0.1) is 0 Å². The van der Waals surface area contributed by atoms with Gasteiger partial charge in [-0.2, -0.15) is 0 Å². The minimum Gasteiger partial charge on any atom is -0.393 e. The van der Waals surface area contributed by atoms with Gasteiger partial charge < -0.3 is 10.2 Å². The Kier molecular flexibility index (Phi) is 6.99. The van der Waals surface area contributed by atoms with E-state index in [4.69, 9.17) is 0 Å². The average Bonchev–Trinajstić information content (AvgIpc) is 3.09. The van der Waals surface area contributed by atoms with Crippen LogP contribution >= 0.6 is 0 Å². The maximum atomic E-state index is 10.9. The van der Waals surface area contributed by atoms with Crippen LogP contribution < -0.4 is 0 Å². The molecule has 184 valence electrons. The molecule has 0 bridgehead atoms. The molecule has 0 aromatic heterocycles. The predicted molar refractivity (Wildman–Crippen MR) is 134 cm³/mol. The average molecular weight is 445 g/mol. The molecule has 2 nitrogen and oxygen atoms in total. The minimum absolute atomic E-state index is 0.00530. The zero-order valence-electron chi connectivity index (χ0n) is 22.0. The lowest BCUT2D eigenvalue weighted by molar-refractivity contribution is -0.0462. The van der Waals surface area contributed by atoms with Gasteiger partial charge in [-0.3, -0.25) is 0 Å². The van der Waals surface area contributed by atoms with Gasteiger partial charge in [-0.1, -0.05) is 66.0 Å². The number of allylic oxidation sites excluding steroid dienone is 1. The lowest BCUT2D eigenvalue weighted by Gasteiger charge is -2.55. The second-order valence-electron chi connectivity index (χ2n) is 13.9. The highest BCUT2D eigenvalue weighted by Crippen LogP contribution is 2.65. The first kappa shape index (κ1) is 24.8. The molecule has 0 radical (unpaired) electrons. The van der Waals surface area contributed by atoms with Crippen molar-refractivity contribution in [2.75, 3.05) is 0 Å². The quantitative estimate of drug-likeness (QED) is 0.416. The van der Waals surface area contributed by atoms with E-state index in [0.29, 0.717) is 5.41 Å².